The molecule has 0 bridgehead atoms. The summed E-state index contributed by atoms with van der Waals surface area (Å²) in [5.41, 5.74) is 0.0630. The molecule has 6 nitrogen and oxygen atoms in total. The zero-order valence-electron chi connectivity index (χ0n) is 11.8. The highest BCUT2D eigenvalue weighted by atomic mass is 35.5. The molecule has 1 aliphatic heterocycles. The molecule has 1 amide bonds. The Kier molecular flexibility index (Phi) is 5.14. The summed E-state index contributed by atoms with van der Waals surface area (Å²) < 4.78 is 5.12. The van der Waals surface area contributed by atoms with Gasteiger partial charge in [-0.05, 0) is 30.9 Å². The summed E-state index contributed by atoms with van der Waals surface area (Å²) in [7, 11) is 1.67. The van der Waals surface area contributed by atoms with Crippen LogP contribution in [-0.2, 0) is 4.74 Å². The number of nitro benzene ring substituents is 1. The van der Waals surface area contributed by atoms with Crippen molar-refractivity contribution in [3.05, 3.63) is 38.9 Å². The Morgan fingerprint density at radius 3 is 2.71 bits per heavy atom. The van der Waals surface area contributed by atoms with E-state index in [0.717, 1.165) is 12.8 Å². The maximum atomic E-state index is 12.4. The van der Waals surface area contributed by atoms with Crippen LogP contribution in [-0.4, -0.2) is 42.5 Å². The molecule has 1 heterocycles. The SMILES string of the molecule is COCC1CCN(C(=O)c2ccc(Cl)c([N+](=O)[O-])c2)CC1. The van der Waals surface area contributed by atoms with Crippen molar-refractivity contribution >= 4 is 23.2 Å². The second-order valence-corrected chi connectivity index (χ2v) is 5.52. The molecule has 1 aliphatic rings. The lowest BCUT2D eigenvalue weighted by Gasteiger charge is -2.31. The minimum atomic E-state index is -0.579. The summed E-state index contributed by atoms with van der Waals surface area (Å²) >= 11 is 5.76. The molecule has 0 unspecified atom stereocenters. The molecule has 0 N–H and O–H groups in total. The summed E-state index contributed by atoms with van der Waals surface area (Å²) in [5.74, 6) is 0.282. The molecule has 0 radical (unpaired) electrons. The van der Waals surface area contributed by atoms with Gasteiger partial charge in [0, 0.05) is 38.4 Å². The molecule has 0 atom stereocenters. The molecule has 0 aromatic heterocycles. The number of carbonyl (C=O) groups excluding carboxylic acids is 1. The van der Waals surface area contributed by atoms with Crippen LogP contribution >= 0.6 is 11.6 Å². The molecule has 114 valence electrons. The number of hydrogen-bond acceptors (Lipinski definition) is 4. The number of piperidine rings is 1. The van der Waals surface area contributed by atoms with Crippen molar-refractivity contribution in [3.8, 4) is 0 Å². The molecule has 1 aromatic rings. The van der Waals surface area contributed by atoms with Crippen LogP contribution in [0.2, 0.25) is 5.02 Å². The summed E-state index contributed by atoms with van der Waals surface area (Å²) in [6.07, 6.45) is 1.77. The number of carbonyl (C=O) groups is 1. The fourth-order valence-electron chi connectivity index (χ4n) is 2.51. The van der Waals surface area contributed by atoms with E-state index in [1.54, 1.807) is 12.0 Å². The van der Waals surface area contributed by atoms with Crippen LogP contribution in [0.5, 0.6) is 0 Å². The van der Waals surface area contributed by atoms with E-state index < -0.39 is 4.92 Å². The standard InChI is InChI=1S/C14H17ClN2O4/c1-21-9-10-4-6-16(7-5-10)14(18)11-2-3-12(15)13(8-11)17(19)20/h2-3,8,10H,4-7,9H2,1H3. The van der Waals surface area contributed by atoms with E-state index >= 15 is 0 Å². The summed E-state index contributed by atoms with van der Waals surface area (Å²) in [5, 5.41) is 10.9. The molecule has 21 heavy (non-hydrogen) atoms. The van der Waals surface area contributed by atoms with Gasteiger partial charge in [0.1, 0.15) is 5.02 Å². The van der Waals surface area contributed by atoms with Gasteiger partial charge >= 0.3 is 0 Å². The molecule has 1 fully saturated rings. The number of nitro groups is 1. The number of rotatable bonds is 4. The zero-order valence-corrected chi connectivity index (χ0v) is 12.5. The van der Waals surface area contributed by atoms with Crippen LogP contribution in [0.4, 0.5) is 5.69 Å². The molecule has 0 aliphatic carbocycles. The van der Waals surface area contributed by atoms with Crippen molar-refractivity contribution in [3.63, 3.8) is 0 Å². The Bertz CT molecular complexity index is 542. The predicted molar refractivity (Wildman–Crippen MR) is 78.6 cm³/mol. The van der Waals surface area contributed by atoms with Crippen molar-refractivity contribution in [1.29, 1.82) is 0 Å². The number of methoxy groups -OCH3 is 1. The average Bonchev–Trinajstić information content (AvgIpc) is 2.48. The largest absolute Gasteiger partial charge is 0.384 e. The van der Waals surface area contributed by atoms with Crippen molar-refractivity contribution in [2.24, 2.45) is 5.92 Å². The quantitative estimate of drug-likeness (QED) is 0.633. The third kappa shape index (κ3) is 3.71. The molecule has 7 heteroatoms. The van der Waals surface area contributed by atoms with Crippen LogP contribution < -0.4 is 0 Å². The van der Waals surface area contributed by atoms with E-state index in [-0.39, 0.29) is 16.6 Å². The highest BCUT2D eigenvalue weighted by Crippen LogP contribution is 2.26. The smallest absolute Gasteiger partial charge is 0.288 e. The monoisotopic (exact) mass is 312 g/mol. The van der Waals surface area contributed by atoms with Crippen molar-refractivity contribution in [2.45, 2.75) is 12.8 Å². The Labute approximate surface area is 127 Å². The molecule has 2 rings (SSSR count). The topological polar surface area (TPSA) is 72.7 Å². The number of benzene rings is 1. The first kappa shape index (κ1) is 15.7. The summed E-state index contributed by atoms with van der Waals surface area (Å²) in [4.78, 5) is 24.4. The number of nitrogens with zero attached hydrogens (tertiary/aromatic N) is 2. The molecule has 0 spiro atoms. The van der Waals surface area contributed by atoms with Gasteiger partial charge in [0.2, 0.25) is 0 Å². The highest BCUT2D eigenvalue weighted by Gasteiger charge is 2.25. The molecular formula is C14H17ClN2O4. The van der Waals surface area contributed by atoms with Crippen molar-refractivity contribution in [2.75, 3.05) is 26.8 Å². The first-order valence-corrected chi connectivity index (χ1v) is 7.13. The zero-order chi connectivity index (χ0) is 15.4. The van der Waals surface area contributed by atoms with E-state index in [1.807, 2.05) is 0 Å². The van der Waals surface area contributed by atoms with Gasteiger partial charge < -0.3 is 9.64 Å². The highest BCUT2D eigenvalue weighted by molar-refractivity contribution is 6.32. The third-order valence-corrected chi connectivity index (χ3v) is 4.01. The third-order valence-electron chi connectivity index (χ3n) is 3.69. The van der Waals surface area contributed by atoms with Crippen LogP contribution in [0, 0.1) is 16.0 Å². The minimum absolute atomic E-state index is 0.0374. The van der Waals surface area contributed by atoms with Gasteiger partial charge in [-0.25, -0.2) is 0 Å². The molecule has 1 aromatic carbocycles. The van der Waals surface area contributed by atoms with Crippen LogP contribution in [0.3, 0.4) is 0 Å². The summed E-state index contributed by atoms with van der Waals surface area (Å²) in [6.45, 7) is 1.99. The van der Waals surface area contributed by atoms with Gasteiger partial charge in [0.25, 0.3) is 11.6 Å². The van der Waals surface area contributed by atoms with Crippen molar-refractivity contribution in [1.82, 2.24) is 4.90 Å². The lowest BCUT2D eigenvalue weighted by molar-refractivity contribution is -0.384. The Morgan fingerprint density at radius 2 is 2.14 bits per heavy atom. The van der Waals surface area contributed by atoms with Gasteiger partial charge in [-0.15, -0.1) is 0 Å². The molecule has 1 saturated heterocycles. The fraction of sp³-hybridized carbons (Fsp3) is 0.500. The normalized spacial score (nSPS) is 16.0. The minimum Gasteiger partial charge on any atom is -0.384 e. The average molecular weight is 313 g/mol. The lowest BCUT2D eigenvalue weighted by Crippen LogP contribution is -2.39. The maximum Gasteiger partial charge on any atom is 0.288 e. The lowest BCUT2D eigenvalue weighted by atomic mass is 9.97. The summed E-state index contributed by atoms with van der Waals surface area (Å²) in [6, 6.07) is 4.16. The number of hydrogen-bond donors (Lipinski definition) is 0. The van der Waals surface area contributed by atoms with Crippen molar-refractivity contribution < 1.29 is 14.5 Å². The van der Waals surface area contributed by atoms with E-state index in [1.165, 1.54) is 18.2 Å². The van der Waals surface area contributed by atoms with Crippen LogP contribution in [0.25, 0.3) is 0 Å². The van der Waals surface area contributed by atoms with Gasteiger partial charge in [-0.1, -0.05) is 11.6 Å². The van der Waals surface area contributed by atoms with Gasteiger partial charge in [-0.2, -0.15) is 0 Å². The van der Waals surface area contributed by atoms with E-state index in [9.17, 15) is 14.9 Å². The second-order valence-electron chi connectivity index (χ2n) is 5.11. The maximum absolute atomic E-state index is 12.4. The Morgan fingerprint density at radius 1 is 1.48 bits per heavy atom. The van der Waals surface area contributed by atoms with E-state index in [2.05, 4.69) is 0 Å². The fourth-order valence-corrected chi connectivity index (χ4v) is 2.69. The Balaban J connectivity index is 2.07. The first-order valence-electron chi connectivity index (χ1n) is 6.75. The number of halogens is 1. The Hall–Kier alpha value is -1.66. The molecule has 0 saturated carbocycles. The first-order chi connectivity index (χ1) is 10.0. The number of amides is 1. The van der Waals surface area contributed by atoms with Gasteiger partial charge in [-0.3, -0.25) is 14.9 Å². The number of ether oxygens (including phenoxy) is 1. The second kappa shape index (κ2) is 6.87. The van der Waals surface area contributed by atoms with Gasteiger partial charge in [0.15, 0.2) is 0 Å². The van der Waals surface area contributed by atoms with Crippen LogP contribution in [0.1, 0.15) is 23.2 Å². The number of likely N-dealkylation sites (tertiary alicyclic amines) is 1. The van der Waals surface area contributed by atoms with E-state index in [4.69, 9.17) is 16.3 Å². The van der Waals surface area contributed by atoms with Crippen LogP contribution in [0.15, 0.2) is 18.2 Å². The predicted octanol–water partition coefficient (Wildman–Crippen LogP) is 2.75. The van der Waals surface area contributed by atoms with Gasteiger partial charge in [0.05, 0.1) is 4.92 Å². The van der Waals surface area contributed by atoms with E-state index in [0.29, 0.717) is 31.2 Å². The molecular weight excluding hydrogens is 296 g/mol.